The Morgan fingerprint density at radius 3 is 2.58 bits per heavy atom. The quantitative estimate of drug-likeness (QED) is 0.522. The zero-order chi connectivity index (χ0) is 8.81. The third-order valence-electron chi connectivity index (χ3n) is 1.64. The molecule has 0 aliphatic rings. The van der Waals surface area contributed by atoms with Crippen LogP contribution in [0.1, 0.15) is 12.5 Å². The Hall–Kier alpha value is -1.12. The lowest BCUT2D eigenvalue weighted by Crippen LogP contribution is -2.30. The van der Waals surface area contributed by atoms with Crippen LogP contribution in [-0.4, -0.2) is 6.04 Å². The lowest BCUT2D eigenvalue weighted by Gasteiger charge is -2.01. The van der Waals surface area contributed by atoms with Crippen molar-refractivity contribution in [3.8, 4) is 0 Å². The summed E-state index contributed by atoms with van der Waals surface area (Å²) in [6.07, 6.45) is 4.07. The van der Waals surface area contributed by atoms with E-state index in [-0.39, 0.29) is 6.04 Å². The van der Waals surface area contributed by atoms with Crippen molar-refractivity contribution < 1.29 is 0 Å². The van der Waals surface area contributed by atoms with E-state index in [1.54, 1.807) is 0 Å². The number of rotatable bonds is 3. The van der Waals surface area contributed by atoms with Gasteiger partial charge in [0.2, 0.25) is 0 Å². The molecular weight excluding hydrogens is 148 g/mol. The first-order valence-corrected chi connectivity index (χ1v) is 4.02. The van der Waals surface area contributed by atoms with Crippen LogP contribution in [0.15, 0.2) is 36.4 Å². The molecule has 1 unspecified atom stereocenters. The van der Waals surface area contributed by atoms with Crippen LogP contribution in [0.4, 0.5) is 0 Å². The highest BCUT2D eigenvalue weighted by molar-refractivity contribution is 5.49. The Morgan fingerprint density at radius 1 is 1.33 bits per heavy atom. The Kier molecular flexibility index (Phi) is 3.51. The normalized spacial score (nSPS) is 13.5. The van der Waals surface area contributed by atoms with Gasteiger partial charge in [0.15, 0.2) is 0 Å². The minimum absolute atomic E-state index is 0.213. The first-order chi connectivity index (χ1) is 5.83. The summed E-state index contributed by atoms with van der Waals surface area (Å²) in [5.74, 6) is 5.23. The van der Waals surface area contributed by atoms with Crippen molar-refractivity contribution in [2.75, 3.05) is 0 Å². The lowest BCUT2D eigenvalue weighted by molar-refractivity contribution is 0.671. The maximum atomic E-state index is 5.23. The summed E-state index contributed by atoms with van der Waals surface area (Å²) in [7, 11) is 0. The van der Waals surface area contributed by atoms with Gasteiger partial charge in [-0.2, -0.15) is 0 Å². The molecule has 2 nitrogen and oxygen atoms in total. The summed E-state index contributed by atoms with van der Waals surface area (Å²) >= 11 is 0. The molecule has 0 heterocycles. The number of hydrogen-bond acceptors (Lipinski definition) is 2. The van der Waals surface area contributed by atoms with Gasteiger partial charge in [-0.1, -0.05) is 42.5 Å². The smallest absolute Gasteiger partial charge is 0.0365 e. The standard InChI is InChI=1S/C10H14N2/c1-9(12-11)7-8-10-5-3-2-4-6-10/h2-9,12H,11H2,1H3/b8-7+. The zero-order valence-corrected chi connectivity index (χ0v) is 7.20. The monoisotopic (exact) mass is 162 g/mol. The molecule has 12 heavy (non-hydrogen) atoms. The average Bonchev–Trinajstić information content (AvgIpc) is 2.16. The van der Waals surface area contributed by atoms with E-state index < -0.39 is 0 Å². The van der Waals surface area contributed by atoms with Crippen LogP contribution in [0.2, 0.25) is 0 Å². The molecule has 0 aliphatic carbocycles. The largest absolute Gasteiger partial charge is 0.271 e. The molecule has 0 aliphatic heterocycles. The Labute approximate surface area is 73.1 Å². The molecule has 64 valence electrons. The predicted molar refractivity (Wildman–Crippen MR) is 52.3 cm³/mol. The van der Waals surface area contributed by atoms with E-state index in [1.165, 1.54) is 5.56 Å². The maximum Gasteiger partial charge on any atom is 0.0365 e. The van der Waals surface area contributed by atoms with Gasteiger partial charge in [0.25, 0.3) is 0 Å². The minimum atomic E-state index is 0.213. The van der Waals surface area contributed by atoms with Gasteiger partial charge in [0, 0.05) is 6.04 Å². The summed E-state index contributed by atoms with van der Waals surface area (Å²) in [5.41, 5.74) is 3.84. The van der Waals surface area contributed by atoms with E-state index >= 15 is 0 Å². The number of hydrogen-bond donors (Lipinski definition) is 2. The van der Waals surface area contributed by atoms with Crippen LogP contribution in [0.3, 0.4) is 0 Å². The molecular formula is C10H14N2. The summed E-state index contributed by atoms with van der Waals surface area (Å²) in [6.45, 7) is 2.00. The van der Waals surface area contributed by atoms with Crippen molar-refractivity contribution >= 4 is 6.08 Å². The second-order valence-electron chi connectivity index (χ2n) is 2.73. The van der Waals surface area contributed by atoms with E-state index in [1.807, 2.05) is 37.3 Å². The predicted octanol–water partition coefficient (Wildman–Crippen LogP) is 1.55. The van der Waals surface area contributed by atoms with Crippen molar-refractivity contribution in [2.24, 2.45) is 5.84 Å². The molecule has 2 heteroatoms. The Morgan fingerprint density at radius 2 is 2.00 bits per heavy atom. The van der Waals surface area contributed by atoms with Crippen LogP contribution in [0, 0.1) is 0 Å². The fraction of sp³-hybridized carbons (Fsp3) is 0.200. The number of benzene rings is 1. The maximum absolute atomic E-state index is 5.23. The van der Waals surface area contributed by atoms with E-state index in [2.05, 4.69) is 17.6 Å². The van der Waals surface area contributed by atoms with Gasteiger partial charge in [-0.05, 0) is 12.5 Å². The lowest BCUT2D eigenvalue weighted by atomic mass is 10.2. The molecule has 1 atom stereocenters. The average molecular weight is 162 g/mol. The van der Waals surface area contributed by atoms with Gasteiger partial charge in [-0.15, -0.1) is 0 Å². The summed E-state index contributed by atoms with van der Waals surface area (Å²) < 4.78 is 0. The van der Waals surface area contributed by atoms with Gasteiger partial charge in [-0.25, -0.2) is 0 Å². The molecule has 1 aromatic carbocycles. The van der Waals surface area contributed by atoms with Gasteiger partial charge in [0.05, 0.1) is 0 Å². The molecule has 0 saturated heterocycles. The number of hydrazine groups is 1. The highest BCUT2D eigenvalue weighted by Gasteiger charge is 1.89. The summed E-state index contributed by atoms with van der Waals surface area (Å²) in [4.78, 5) is 0. The second kappa shape index (κ2) is 4.70. The van der Waals surface area contributed by atoms with Crippen molar-refractivity contribution in [1.82, 2.24) is 5.43 Å². The molecule has 0 amide bonds. The Balaban J connectivity index is 2.58. The van der Waals surface area contributed by atoms with E-state index in [0.29, 0.717) is 0 Å². The molecule has 0 bridgehead atoms. The van der Waals surface area contributed by atoms with Crippen molar-refractivity contribution in [1.29, 1.82) is 0 Å². The molecule has 1 aromatic rings. The molecule has 0 radical (unpaired) electrons. The Bertz CT molecular complexity index is 241. The molecule has 0 fully saturated rings. The molecule has 0 saturated carbocycles. The fourth-order valence-corrected chi connectivity index (χ4v) is 0.875. The van der Waals surface area contributed by atoms with E-state index in [9.17, 15) is 0 Å². The fourth-order valence-electron chi connectivity index (χ4n) is 0.875. The number of nitrogens with two attached hydrogens (primary N) is 1. The third-order valence-corrected chi connectivity index (χ3v) is 1.64. The van der Waals surface area contributed by atoms with Gasteiger partial charge >= 0.3 is 0 Å². The van der Waals surface area contributed by atoms with Crippen molar-refractivity contribution in [3.63, 3.8) is 0 Å². The first-order valence-electron chi connectivity index (χ1n) is 4.02. The SMILES string of the molecule is CC(/C=C/c1ccccc1)NN. The van der Waals surface area contributed by atoms with Gasteiger partial charge in [0.1, 0.15) is 0 Å². The zero-order valence-electron chi connectivity index (χ0n) is 7.20. The van der Waals surface area contributed by atoms with Crippen LogP contribution in [0.5, 0.6) is 0 Å². The minimum Gasteiger partial charge on any atom is -0.271 e. The summed E-state index contributed by atoms with van der Waals surface area (Å²) in [5, 5.41) is 0. The third kappa shape index (κ3) is 2.86. The van der Waals surface area contributed by atoms with Crippen LogP contribution >= 0.6 is 0 Å². The van der Waals surface area contributed by atoms with E-state index in [4.69, 9.17) is 5.84 Å². The van der Waals surface area contributed by atoms with Crippen molar-refractivity contribution in [2.45, 2.75) is 13.0 Å². The molecule has 0 aromatic heterocycles. The first kappa shape index (κ1) is 8.97. The van der Waals surface area contributed by atoms with Crippen LogP contribution in [-0.2, 0) is 0 Å². The van der Waals surface area contributed by atoms with E-state index in [0.717, 1.165) is 0 Å². The molecule has 0 spiro atoms. The van der Waals surface area contributed by atoms with Crippen LogP contribution in [0.25, 0.3) is 6.08 Å². The van der Waals surface area contributed by atoms with Gasteiger partial charge in [-0.3, -0.25) is 11.3 Å². The van der Waals surface area contributed by atoms with Gasteiger partial charge < -0.3 is 0 Å². The summed E-state index contributed by atoms with van der Waals surface area (Å²) in [6, 6.07) is 10.4. The number of nitrogens with one attached hydrogen (secondary N) is 1. The molecule has 1 rings (SSSR count). The highest BCUT2D eigenvalue weighted by Crippen LogP contribution is 2.01. The topological polar surface area (TPSA) is 38.0 Å². The highest BCUT2D eigenvalue weighted by atomic mass is 15.2. The molecule has 3 N–H and O–H groups in total. The van der Waals surface area contributed by atoms with Crippen LogP contribution < -0.4 is 11.3 Å². The second-order valence-corrected chi connectivity index (χ2v) is 2.73. The van der Waals surface area contributed by atoms with Crippen molar-refractivity contribution in [3.05, 3.63) is 42.0 Å².